The van der Waals surface area contributed by atoms with E-state index in [1.807, 2.05) is 26.0 Å². The SMILES string of the molecule is Cc1cc(C)c(S(=O)(=O)Nc2cccc([C@H]3NC(=O)CS3)c2)cc1C. The maximum absolute atomic E-state index is 12.8. The van der Waals surface area contributed by atoms with Crippen molar-refractivity contribution >= 4 is 33.4 Å². The van der Waals surface area contributed by atoms with Gasteiger partial charge in [0.05, 0.1) is 10.6 Å². The number of thioether (sulfide) groups is 1. The lowest BCUT2D eigenvalue weighted by Crippen LogP contribution is -2.19. The van der Waals surface area contributed by atoms with Crippen LogP contribution in [-0.2, 0) is 14.8 Å². The quantitative estimate of drug-likeness (QED) is 0.859. The van der Waals surface area contributed by atoms with Gasteiger partial charge in [-0.15, -0.1) is 11.8 Å². The Labute approximate surface area is 152 Å². The molecule has 3 rings (SSSR count). The molecular formula is C18H20N2O3S2. The molecule has 0 bridgehead atoms. The van der Waals surface area contributed by atoms with Crippen molar-refractivity contribution in [2.24, 2.45) is 0 Å². The van der Waals surface area contributed by atoms with Gasteiger partial charge < -0.3 is 5.32 Å². The number of benzene rings is 2. The minimum atomic E-state index is -3.68. The van der Waals surface area contributed by atoms with E-state index in [9.17, 15) is 13.2 Å². The summed E-state index contributed by atoms with van der Waals surface area (Å²) in [6.07, 6.45) is 0. The fourth-order valence-corrected chi connectivity index (χ4v) is 5.08. The molecule has 0 saturated carbocycles. The highest BCUT2D eigenvalue weighted by molar-refractivity contribution is 8.00. The first-order valence-corrected chi connectivity index (χ1v) is 10.4. The van der Waals surface area contributed by atoms with Crippen LogP contribution in [0.3, 0.4) is 0 Å². The average Bonchev–Trinajstić information content (AvgIpc) is 2.97. The monoisotopic (exact) mass is 376 g/mol. The summed E-state index contributed by atoms with van der Waals surface area (Å²) in [4.78, 5) is 11.7. The minimum Gasteiger partial charge on any atom is -0.339 e. The van der Waals surface area contributed by atoms with Crippen molar-refractivity contribution in [3.63, 3.8) is 0 Å². The first-order chi connectivity index (χ1) is 11.8. The number of carbonyl (C=O) groups excluding carboxylic acids is 1. The Bertz CT molecular complexity index is 939. The number of carbonyl (C=O) groups is 1. The number of nitrogens with one attached hydrogen (secondary N) is 2. The highest BCUT2D eigenvalue weighted by Crippen LogP contribution is 2.32. The molecule has 1 saturated heterocycles. The van der Waals surface area contributed by atoms with Gasteiger partial charge in [-0.05, 0) is 61.2 Å². The Hall–Kier alpha value is -1.99. The summed E-state index contributed by atoms with van der Waals surface area (Å²) in [5.74, 6) is 0.411. The topological polar surface area (TPSA) is 75.3 Å². The average molecular weight is 377 g/mol. The number of hydrogen-bond acceptors (Lipinski definition) is 4. The van der Waals surface area contributed by atoms with Gasteiger partial charge in [-0.2, -0.15) is 0 Å². The van der Waals surface area contributed by atoms with Crippen LogP contribution in [0.2, 0.25) is 0 Å². The van der Waals surface area contributed by atoms with E-state index >= 15 is 0 Å². The Morgan fingerprint density at radius 1 is 1.08 bits per heavy atom. The molecule has 1 fully saturated rings. The van der Waals surface area contributed by atoms with Gasteiger partial charge in [0.2, 0.25) is 5.91 Å². The van der Waals surface area contributed by atoms with Crippen LogP contribution in [0.4, 0.5) is 5.69 Å². The van der Waals surface area contributed by atoms with E-state index in [-0.39, 0.29) is 16.2 Å². The maximum atomic E-state index is 12.8. The van der Waals surface area contributed by atoms with Crippen molar-refractivity contribution in [1.82, 2.24) is 5.32 Å². The molecule has 0 unspecified atom stereocenters. The molecule has 5 nitrogen and oxygen atoms in total. The van der Waals surface area contributed by atoms with Gasteiger partial charge in [0.15, 0.2) is 0 Å². The Morgan fingerprint density at radius 3 is 2.48 bits per heavy atom. The number of sulfonamides is 1. The third kappa shape index (κ3) is 3.82. The summed E-state index contributed by atoms with van der Waals surface area (Å²) in [5, 5.41) is 2.72. The van der Waals surface area contributed by atoms with Crippen LogP contribution >= 0.6 is 11.8 Å². The molecule has 0 aromatic heterocycles. The summed E-state index contributed by atoms with van der Waals surface area (Å²) < 4.78 is 28.2. The van der Waals surface area contributed by atoms with Crippen LogP contribution in [0.15, 0.2) is 41.3 Å². The fourth-order valence-electron chi connectivity index (χ4n) is 2.77. The second kappa shape index (κ2) is 6.72. The van der Waals surface area contributed by atoms with Gasteiger partial charge in [-0.25, -0.2) is 8.42 Å². The smallest absolute Gasteiger partial charge is 0.262 e. The highest BCUT2D eigenvalue weighted by atomic mass is 32.2. The normalized spacial score (nSPS) is 17.4. The van der Waals surface area contributed by atoms with E-state index in [0.29, 0.717) is 17.0 Å². The predicted molar refractivity (Wildman–Crippen MR) is 101 cm³/mol. The zero-order chi connectivity index (χ0) is 18.2. The highest BCUT2D eigenvalue weighted by Gasteiger charge is 2.24. The zero-order valence-corrected chi connectivity index (χ0v) is 15.9. The third-order valence-electron chi connectivity index (χ3n) is 4.20. The fraction of sp³-hybridized carbons (Fsp3) is 0.278. The van der Waals surface area contributed by atoms with Crippen LogP contribution in [0.25, 0.3) is 0 Å². The van der Waals surface area contributed by atoms with Crippen LogP contribution in [-0.4, -0.2) is 20.1 Å². The van der Waals surface area contributed by atoms with E-state index in [1.54, 1.807) is 31.2 Å². The van der Waals surface area contributed by atoms with Crippen molar-refractivity contribution < 1.29 is 13.2 Å². The molecule has 1 aliphatic rings. The summed E-state index contributed by atoms with van der Waals surface area (Å²) >= 11 is 1.49. The molecule has 1 aliphatic heterocycles. The zero-order valence-electron chi connectivity index (χ0n) is 14.3. The summed E-state index contributed by atoms with van der Waals surface area (Å²) in [6, 6.07) is 10.7. The Kier molecular flexibility index (Phi) is 4.79. The number of anilines is 1. The summed E-state index contributed by atoms with van der Waals surface area (Å²) in [5.41, 5.74) is 4.06. The number of aryl methyl sites for hydroxylation is 3. The van der Waals surface area contributed by atoms with Crippen molar-refractivity contribution in [2.45, 2.75) is 31.0 Å². The Morgan fingerprint density at radius 2 is 1.80 bits per heavy atom. The minimum absolute atomic E-state index is 0.00765. The molecule has 132 valence electrons. The molecule has 0 spiro atoms. The lowest BCUT2D eigenvalue weighted by molar-refractivity contribution is -0.118. The van der Waals surface area contributed by atoms with E-state index < -0.39 is 10.0 Å². The molecule has 25 heavy (non-hydrogen) atoms. The molecule has 1 amide bonds. The predicted octanol–water partition coefficient (Wildman–Crippen LogP) is 3.27. The second-order valence-electron chi connectivity index (χ2n) is 6.19. The summed E-state index contributed by atoms with van der Waals surface area (Å²) in [6.45, 7) is 5.65. The molecule has 2 N–H and O–H groups in total. The molecule has 0 aliphatic carbocycles. The van der Waals surface area contributed by atoms with Crippen LogP contribution < -0.4 is 10.0 Å². The number of rotatable bonds is 4. The second-order valence-corrected chi connectivity index (χ2v) is 8.94. The maximum Gasteiger partial charge on any atom is 0.262 e. The lowest BCUT2D eigenvalue weighted by atomic mass is 10.1. The van der Waals surface area contributed by atoms with Crippen molar-refractivity contribution in [3.05, 3.63) is 58.7 Å². The lowest BCUT2D eigenvalue weighted by Gasteiger charge is -2.15. The van der Waals surface area contributed by atoms with Gasteiger partial charge in [-0.1, -0.05) is 18.2 Å². The Balaban J connectivity index is 1.89. The van der Waals surface area contributed by atoms with Crippen LogP contribution in [0.1, 0.15) is 27.6 Å². The molecule has 7 heteroatoms. The van der Waals surface area contributed by atoms with Gasteiger partial charge in [-0.3, -0.25) is 9.52 Å². The standard InChI is InChI=1S/C18H20N2O3S2/c1-11-7-13(3)16(8-12(11)2)25(22,23)20-15-6-4-5-14(9-15)18-19-17(21)10-24-18/h4-9,18,20H,10H2,1-3H3,(H,19,21)/t18-/m0/s1. The third-order valence-corrected chi connectivity index (χ3v) is 6.87. The number of amides is 1. The van der Waals surface area contributed by atoms with Crippen molar-refractivity contribution in [1.29, 1.82) is 0 Å². The van der Waals surface area contributed by atoms with E-state index in [0.717, 1.165) is 16.7 Å². The largest absolute Gasteiger partial charge is 0.339 e. The van der Waals surface area contributed by atoms with Crippen molar-refractivity contribution in [2.75, 3.05) is 10.5 Å². The molecule has 0 radical (unpaired) electrons. The van der Waals surface area contributed by atoms with Gasteiger partial charge in [0, 0.05) is 5.69 Å². The molecule has 2 aromatic carbocycles. The molecule has 2 aromatic rings. The summed E-state index contributed by atoms with van der Waals surface area (Å²) in [7, 11) is -3.68. The van der Waals surface area contributed by atoms with Crippen LogP contribution in [0, 0.1) is 20.8 Å². The first-order valence-electron chi connectivity index (χ1n) is 7.88. The molecular weight excluding hydrogens is 356 g/mol. The molecule has 1 heterocycles. The van der Waals surface area contributed by atoms with Gasteiger partial charge >= 0.3 is 0 Å². The van der Waals surface area contributed by atoms with Gasteiger partial charge in [0.1, 0.15) is 5.37 Å². The van der Waals surface area contributed by atoms with E-state index in [4.69, 9.17) is 0 Å². The van der Waals surface area contributed by atoms with Crippen LogP contribution in [0.5, 0.6) is 0 Å². The van der Waals surface area contributed by atoms with Crippen molar-refractivity contribution in [3.8, 4) is 0 Å². The van der Waals surface area contributed by atoms with E-state index in [1.165, 1.54) is 11.8 Å². The number of hydrogen-bond donors (Lipinski definition) is 2. The van der Waals surface area contributed by atoms with E-state index in [2.05, 4.69) is 10.0 Å². The van der Waals surface area contributed by atoms with Gasteiger partial charge in [0.25, 0.3) is 10.0 Å². The molecule has 1 atom stereocenters. The first kappa shape index (κ1) is 17.8.